The summed E-state index contributed by atoms with van der Waals surface area (Å²) < 4.78 is 58.3. The highest BCUT2D eigenvalue weighted by Crippen LogP contribution is 2.34. The Morgan fingerprint density at radius 3 is 2.58 bits per heavy atom. The van der Waals surface area contributed by atoms with Crippen molar-refractivity contribution >= 4 is 38.7 Å². The number of halogens is 3. The van der Waals surface area contributed by atoms with Crippen LogP contribution >= 0.6 is 23.1 Å². The van der Waals surface area contributed by atoms with Gasteiger partial charge in [0.1, 0.15) is 32.8 Å². The molecule has 0 unspecified atom stereocenters. The molecule has 31 heavy (non-hydrogen) atoms. The van der Waals surface area contributed by atoms with Crippen LogP contribution in [0.3, 0.4) is 0 Å². The van der Waals surface area contributed by atoms with E-state index >= 15 is 0 Å². The van der Waals surface area contributed by atoms with Crippen LogP contribution in [0.2, 0.25) is 5.02 Å². The van der Waals surface area contributed by atoms with Crippen molar-refractivity contribution in [2.24, 2.45) is 0 Å². The summed E-state index contributed by atoms with van der Waals surface area (Å²) in [7, 11) is -4.33. The van der Waals surface area contributed by atoms with Crippen LogP contribution in [0.5, 0.6) is 0 Å². The van der Waals surface area contributed by atoms with Crippen molar-refractivity contribution < 1.29 is 17.2 Å². The number of rotatable bonds is 8. The van der Waals surface area contributed by atoms with Crippen LogP contribution in [0.25, 0.3) is 0 Å². The summed E-state index contributed by atoms with van der Waals surface area (Å²) in [5, 5.41) is 2.60. The van der Waals surface area contributed by atoms with Crippen molar-refractivity contribution in [2.45, 2.75) is 30.2 Å². The Balaban J connectivity index is 1.56. The van der Waals surface area contributed by atoms with Crippen LogP contribution in [0.15, 0.2) is 41.6 Å². The minimum absolute atomic E-state index is 0.00900. The van der Waals surface area contributed by atoms with Crippen LogP contribution in [0.1, 0.15) is 22.6 Å². The monoisotopic (exact) mass is 484 g/mol. The molecule has 0 atom stereocenters. The fraction of sp³-hybridized carbons (Fsp3) is 0.300. The Labute approximate surface area is 188 Å². The molecule has 1 fully saturated rings. The summed E-state index contributed by atoms with van der Waals surface area (Å²) >= 11 is 6.92. The summed E-state index contributed by atoms with van der Waals surface area (Å²) in [5.41, 5.74) is 2.08. The minimum atomic E-state index is -4.33. The molecule has 1 N–H and O–H groups in total. The van der Waals surface area contributed by atoms with Gasteiger partial charge in [0.15, 0.2) is 15.7 Å². The summed E-state index contributed by atoms with van der Waals surface area (Å²) in [6.45, 7) is 3.20. The lowest BCUT2D eigenvalue weighted by atomic mass is 10.1. The van der Waals surface area contributed by atoms with Crippen LogP contribution in [-0.4, -0.2) is 35.8 Å². The molecule has 4 rings (SSSR count). The molecule has 1 aliphatic heterocycles. The maximum atomic E-state index is 14.8. The van der Waals surface area contributed by atoms with Crippen LogP contribution in [0, 0.1) is 11.6 Å². The summed E-state index contributed by atoms with van der Waals surface area (Å²) in [4.78, 5) is 5.01. The molecule has 2 heterocycles. The molecule has 0 aliphatic carbocycles. The fourth-order valence-electron chi connectivity index (χ4n) is 3.34. The number of hydrogen-bond donors (Lipinski definition) is 1. The van der Waals surface area contributed by atoms with Gasteiger partial charge in [-0.15, -0.1) is 0 Å². The third kappa shape index (κ3) is 4.87. The van der Waals surface area contributed by atoms with E-state index in [1.54, 1.807) is 0 Å². The van der Waals surface area contributed by atoms with Gasteiger partial charge in [-0.05, 0) is 42.2 Å². The van der Waals surface area contributed by atoms with E-state index in [1.165, 1.54) is 12.7 Å². The highest BCUT2D eigenvalue weighted by atomic mass is 35.5. The van der Waals surface area contributed by atoms with E-state index in [0.717, 1.165) is 48.4 Å². The summed E-state index contributed by atoms with van der Waals surface area (Å²) in [5.74, 6) is -3.18. The molecular formula is C20H19ClF2N4O2S2. The van der Waals surface area contributed by atoms with Crippen molar-refractivity contribution in [1.82, 2.24) is 14.3 Å². The van der Waals surface area contributed by atoms with E-state index in [4.69, 9.17) is 11.6 Å². The molecule has 6 nitrogen and oxygen atoms in total. The number of aromatic nitrogens is 2. The number of anilines is 1. The van der Waals surface area contributed by atoms with Crippen LogP contribution in [0.4, 0.5) is 14.5 Å². The third-order valence-electron chi connectivity index (χ3n) is 5.08. The maximum Gasteiger partial charge on any atom is 0.190 e. The second kappa shape index (κ2) is 9.15. The van der Waals surface area contributed by atoms with E-state index in [0.29, 0.717) is 6.54 Å². The van der Waals surface area contributed by atoms with Gasteiger partial charge < -0.3 is 5.32 Å². The molecular weight excluding hydrogens is 466 g/mol. The fourth-order valence-corrected chi connectivity index (χ4v) is 5.88. The first-order valence-corrected chi connectivity index (χ1v) is 12.3. The average molecular weight is 485 g/mol. The van der Waals surface area contributed by atoms with E-state index < -0.39 is 37.1 Å². The van der Waals surface area contributed by atoms with Crippen LogP contribution in [-0.2, 0) is 28.7 Å². The molecule has 0 bridgehead atoms. The Hall–Kier alpha value is -2.14. The molecule has 0 radical (unpaired) electrons. The first-order valence-electron chi connectivity index (χ1n) is 9.54. The highest BCUT2D eigenvalue weighted by molar-refractivity contribution is 7.90. The summed E-state index contributed by atoms with van der Waals surface area (Å²) in [6, 6.07) is 8.70. The van der Waals surface area contributed by atoms with E-state index in [-0.39, 0.29) is 10.7 Å². The first-order chi connectivity index (χ1) is 14.8. The third-order valence-corrected chi connectivity index (χ3v) is 7.94. The lowest BCUT2D eigenvalue weighted by Crippen LogP contribution is -2.36. The van der Waals surface area contributed by atoms with Gasteiger partial charge in [-0.2, -0.15) is 4.37 Å². The Morgan fingerprint density at radius 2 is 1.94 bits per heavy atom. The van der Waals surface area contributed by atoms with Gasteiger partial charge in [0, 0.05) is 19.2 Å². The Morgan fingerprint density at radius 1 is 1.19 bits per heavy atom. The lowest BCUT2D eigenvalue weighted by molar-refractivity contribution is 0.172. The molecule has 3 aromatic rings. The number of likely N-dealkylation sites (tertiary alicyclic amines) is 1. The van der Waals surface area contributed by atoms with Gasteiger partial charge in [0.2, 0.25) is 0 Å². The number of sulfone groups is 1. The van der Waals surface area contributed by atoms with Crippen LogP contribution < -0.4 is 5.32 Å². The predicted molar refractivity (Wildman–Crippen MR) is 116 cm³/mol. The van der Waals surface area contributed by atoms with Gasteiger partial charge in [-0.25, -0.2) is 22.2 Å². The quantitative estimate of drug-likeness (QED) is 0.481. The van der Waals surface area contributed by atoms with Gasteiger partial charge in [0.25, 0.3) is 0 Å². The van der Waals surface area contributed by atoms with Gasteiger partial charge in [-0.3, -0.25) is 4.90 Å². The number of nitrogens with one attached hydrogen (secondary N) is 1. The Kier molecular flexibility index (Phi) is 6.52. The molecule has 11 heteroatoms. The molecule has 1 saturated heterocycles. The SMILES string of the molecule is O=S(=O)(Cc1ncns1)c1c(F)cc(NCc2ccccc2CN2CCC2)c(Cl)c1F. The zero-order chi connectivity index (χ0) is 22.0. The standard InChI is InChI=1S/C20H19ClF2N4O2S2/c21-18-16(24-9-13-4-1-2-5-14(13)10-27-6-3-7-27)8-15(22)20(19(18)23)31(28,29)11-17-25-12-26-30-17/h1-2,4-5,8,12,24H,3,6-7,9-11H2. The minimum Gasteiger partial charge on any atom is -0.380 e. The number of hydrogen-bond acceptors (Lipinski definition) is 7. The largest absolute Gasteiger partial charge is 0.380 e. The molecule has 2 aromatic carbocycles. The van der Waals surface area contributed by atoms with E-state index in [9.17, 15) is 17.2 Å². The van der Waals surface area contributed by atoms with Gasteiger partial charge in [0.05, 0.1) is 5.69 Å². The second-order valence-electron chi connectivity index (χ2n) is 7.21. The molecule has 0 spiro atoms. The second-order valence-corrected chi connectivity index (χ2v) is 10.4. The maximum absolute atomic E-state index is 14.8. The van der Waals surface area contributed by atoms with Gasteiger partial charge >= 0.3 is 0 Å². The van der Waals surface area contributed by atoms with E-state index in [1.807, 2.05) is 24.3 Å². The topological polar surface area (TPSA) is 75.2 Å². The molecule has 164 valence electrons. The zero-order valence-electron chi connectivity index (χ0n) is 16.3. The van der Waals surface area contributed by atoms with Crippen molar-refractivity contribution in [1.29, 1.82) is 0 Å². The number of nitrogens with zero attached hydrogens (tertiary/aromatic N) is 3. The first kappa shape index (κ1) is 22.1. The predicted octanol–water partition coefficient (Wildman–Crippen LogP) is 4.26. The molecule has 1 aromatic heterocycles. The zero-order valence-corrected chi connectivity index (χ0v) is 18.7. The lowest BCUT2D eigenvalue weighted by Gasteiger charge is -2.31. The number of benzene rings is 2. The Bertz CT molecular complexity index is 1190. The van der Waals surface area contributed by atoms with Crippen molar-refractivity contribution in [3.05, 3.63) is 69.5 Å². The normalized spacial score (nSPS) is 14.4. The van der Waals surface area contributed by atoms with E-state index in [2.05, 4.69) is 19.6 Å². The molecule has 1 aliphatic rings. The molecule has 0 amide bonds. The smallest absolute Gasteiger partial charge is 0.190 e. The van der Waals surface area contributed by atoms with Gasteiger partial charge in [-0.1, -0.05) is 35.9 Å². The average Bonchev–Trinajstić information content (AvgIpc) is 3.19. The van der Waals surface area contributed by atoms with Crippen molar-refractivity contribution in [3.63, 3.8) is 0 Å². The van der Waals surface area contributed by atoms with Crippen molar-refractivity contribution in [2.75, 3.05) is 18.4 Å². The van der Waals surface area contributed by atoms with Crippen molar-refractivity contribution in [3.8, 4) is 0 Å². The molecule has 0 saturated carbocycles. The summed E-state index contributed by atoms with van der Waals surface area (Å²) in [6.07, 6.45) is 2.37. The highest BCUT2D eigenvalue weighted by Gasteiger charge is 2.29.